The molecule has 4 rings (SSSR count). The standard InChI is InChI=1S/C27H27N5O2S/c1-4-20-7-9-21(10-8-20)17-28-29-25(33)18-35-27-31-30-26(22-11-5-19(2)6-12-22)32(27)23-13-15-24(34-3)16-14-23/h5-17H,4,18H2,1-3H3,(H,29,33)/b28-17-. The number of methoxy groups -OCH3 is 1. The maximum atomic E-state index is 12.4. The lowest BCUT2D eigenvalue weighted by Gasteiger charge is -2.11. The van der Waals surface area contributed by atoms with E-state index in [0.29, 0.717) is 11.0 Å². The normalized spacial score (nSPS) is 11.1. The number of aromatic nitrogens is 3. The number of carbonyl (C=O) groups excluding carboxylic acids is 1. The summed E-state index contributed by atoms with van der Waals surface area (Å²) in [6.07, 6.45) is 2.62. The van der Waals surface area contributed by atoms with Crippen molar-refractivity contribution < 1.29 is 9.53 Å². The zero-order chi connectivity index (χ0) is 24.6. The molecule has 35 heavy (non-hydrogen) atoms. The first-order chi connectivity index (χ1) is 17.1. The number of thioether (sulfide) groups is 1. The molecular weight excluding hydrogens is 458 g/mol. The average Bonchev–Trinajstić information content (AvgIpc) is 3.32. The molecule has 1 aromatic heterocycles. The third-order valence-corrected chi connectivity index (χ3v) is 6.33. The third kappa shape index (κ3) is 6.16. The summed E-state index contributed by atoms with van der Waals surface area (Å²) in [4.78, 5) is 12.4. The molecule has 0 fully saturated rings. The van der Waals surface area contributed by atoms with E-state index in [4.69, 9.17) is 4.74 Å². The van der Waals surface area contributed by atoms with Crippen LogP contribution >= 0.6 is 11.8 Å². The zero-order valence-corrected chi connectivity index (χ0v) is 20.7. The third-order valence-electron chi connectivity index (χ3n) is 5.40. The van der Waals surface area contributed by atoms with Gasteiger partial charge >= 0.3 is 0 Å². The molecule has 0 radical (unpaired) electrons. The van der Waals surface area contributed by atoms with Gasteiger partial charge in [-0.15, -0.1) is 10.2 Å². The Kier molecular flexibility index (Phi) is 7.95. The summed E-state index contributed by atoms with van der Waals surface area (Å²) in [6.45, 7) is 4.15. The fourth-order valence-electron chi connectivity index (χ4n) is 3.40. The maximum Gasteiger partial charge on any atom is 0.250 e. The topological polar surface area (TPSA) is 81.4 Å². The largest absolute Gasteiger partial charge is 0.497 e. The Balaban J connectivity index is 1.49. The second-order valence-corrected chi connectivity index (χ2v) is 8.83. The van der Waals surface area contributed by atoms with Gasteiger partial charge in [-0.2, -0.15) is 5.10 Å². The van der Waals surface area contributed by atoms with Crippen LogP contribution in [0.3, 0.4) is 0 Å². The summed E-state index contributed by atoms with van der Waals surface area (Å²) in [5, 5.41) is 13.5. The predicted octanol–water partition coefficient (Wildman–Crippen LogP) is 5.06. The molecule has 0 unspecified atom stereocenters. The molecular formula is C27H27N5O2S. The fourth-order valence-corrected chi connectivity index (χ4v) is 4.14. The van der Waals surface area contributed by atoms with Crippen molar-refractivity contribution >= 4 is 23.9 Å². The van der Waals surface area contributed by atoms with Gasteiger partial charge in [0.15, 0.2) is 11.0 Å². The highest BCUT2D eigenvalue weighted by Crippen LogP contribution is 2.29. The van der Waals surface area contributed by atoms with Crippen LogP contribution in [0.1, 0.15) is 23.6 Å². The number of carbonyl (C=O) groups is 1. The van der Waals surface area contributed by atoms with E-state index < -0.39 is 0 Å². The van der Waals surface area contributed by atoms with E-state index in [9.17, 15) is 4.79 Å². The first-order valence-corrected chi connectivity index (χ1v) is 12.3. The second-order valence-electron chi connectivity index (χ2n) is 7.88. The molecule has 3 aromatic carbocycles. The molecule has 0 aliphatic rings. The van der Waals surface area contributed by atoms with Crippen LogP contribution < -0.4 is 10.2 Å². The van der Waals surface area contributed by atoms with Crippen LogP contribution in [0.2, 0.25) is 0 Å². The Labute approximate surface area is 209 Å². The summed E-state index contributed by atoms with van der Waals surface area (Å²) in [5.41, 5.74) is 7.75. The van der Waals surface area contributed by atoms with Gasteiger partial charge < -0.3 is 4.74 Å². The number of aryl methyl sites for hydroxylation is 2. The van der Waals surface area contributed by atoms with Crippen molar-refractivity contribution in [3.63, 3.8) is 0 Å². The number of hydrogen-bond donors (Lipinski definition) is 1. The van der Waals surface area contributed by atoms with E-state index in [1.54, 1.807) is 13.3 Å². The summed E-state index contributed by atoms with van der Waals surface area (Å²) in [6, 6.07) is 23.8. The van der Waals surface area contributed by atoms with Crippen LogP contribution in [0.4, 0.5) is 0 Å². The summed E-state index contributed by atoms with van der Waals surface area (Å²) >= 11 is 1.30. The minimum atomic E-state index is -0.224. The number of nitrogens with one attached hydrogen (secondary N) is 1. The monoisotopic (exact) mass is 485 g/mol. The van der Waals surface area contributed by atoms with Gasteiger partial charge in [-0.1, -0.05) is 72.8 Å². The van der Waals surface area contributed by atoms with Crippen molar-refractivity contribution in [3.8, 4) is 22.8 Å². The molecule has 178 valence electrons. The van der Waals surface area contributed by atoms with Crippen LogP contribution in [0.15, 0.2) is 83.1 Å². The summed E-state index contributed by atoms with van der Waals surface area (Å²) < 4.78 is 7.24. The number of nitrogens with zero attached hydrogens (tertiary/aromatic N) is 4. The molecule has 0 aliphatic carbocycles. The van der Waals surface area contributed by atoms with E-state index in [-0.39, 0.29) is 11.7 Å². The molecule has 8 heteroatoms. The first kappa shape index (κ1) is 24.2. The molecule has 0 saturated carbocycles. The molecule has 1 N–H and O–H groups in total. The van der Waals surface area contributed by atoms with E-state index >= 15 is 0 Å². The SMILES string of the molecule is CCc1ccc(/C=N\NC(=O)CSc2nnc(-c3ccc(C)cc3)n2-c2ccc(OC)cc2)cc1. The number of hydrazone groups is 1. The predicted molar refractivity (Wildman–Crippen MR) is 140 cm³/mol. The van der Waals surface area contributed by atoms with Gasteiger partial charge in [-0.05, 0) is 48.7 Å². The smallest absolute Gasteiger partial charge is 0.250 e. The van der Waals surface area contributed by atoms with Crippen molar-refractivity contribution in [1.29, 1.82) is 0 Å². The van der Waals surface area contributed by atoms with Crippen LogP contribution in [-0.2, 0) is 11.2 Å². The Morgan fingerprint density at radius 2 is 1.74 bits per heavy atom. The van der Waals surface area contributed by atoms with Gasteiger partial charge in [0.25, 0.3) is 5.91 Å². The summed E-state index contributed by atoms with van der Waals surface area (Å²) in [7, 11) is 1.63. The van der Waals surface area contributed by atoms with Crippen LogP contribution in [0.5, 0.6) is 5.75 Å². The lowest BCUT2D eigenvalue weighted by Crippen LogP contribution is -2.20. The molecule has 4 aromatic rings. The molecule has 0 saturated heterocycles. The van der Waals surface area contributed by atoms with Gasteiger partial charge in [-0.3, -0.25) is 9.36 Å². The van der Waals surface area contributed by atoms with E-state index in [1.807, 2.05) is 72.2 Å². The molecule has 0 spiro atoms. The van der Waals surface area contributed by atoms with Crippen molar-refractivity contribution in [2.45, 2.75) is 25.4 Å². The highest BCUT2D eigenvalue weighted by Gasteiger charge is 2.17. The van der Waals surface area contributed by atoms with Crippen LogP contribution in [0.25, 0.3) is 17.1 Å². The summed E-state index contributed by atoms with van der Waals surface area (Å²) in [5.74, 6) is 1.38. The molecule has 1 amide bonds. The average molecular weight is 486 g/mol. The van der Waals surface area contributed by atoms with E-state index in [1.165, 1.54) is 17.3 Å². The quantitative estimate of drug-likeness (QED) is 0.204. The van der Waals surface area contributed by atoms with Gasteiger partial charge in [0.05, 0.1) is 19.1 Å². The highest BCUT2D eigenvalue weighted by atomic mass is 32.2. The van der Waals surface area contributed by atoms with Crippen LogP contribution in [0, 0.1) is 6.92 Å². The molecule has 0 atom stereocenters. The fraction of sp³-hybridized carbons (Fsp3) is 0.185. The number of hydrogen-bond acceptors (Lipinski definition) is 6. The number of benzene rings is 3. The Morgan fingerprint density at radius 3 is 2.40 bits per heavy atom. The molecule has 0 aliphatic heterocycles. The van der Waals surface area contributed by atoms with E-state index in [2.05, 4.69) is 39.8 Å². The minimum absolute atomic E-state index is 0.147. The van der Waals surface area contributed by atoms with Crippen molar-refractivity contribution in [3.05, 3.63) is 89.5 Å². The molecule has 0 bridgehead atoms. The Morgan fingerprint density at radius 1 is 1.03 bits per heavy atom. The lowest BCUT2D eigenvalue weighted by molar-refractivity contribution is -0.118. The van der Waals surface area contributed by atoms with Gasteiger partial charge in [-0.25, -0.2) is 5.43 Å². The van der Waals surface area contributed by atoms with Crippen molar-refractivity contribution in [1.82, 2.24) is 20.2 Å². The Hall–Kier alpha value is -3.91. The second kappa shape index (κ2) is 11.5. The van der Waals surface area contributed by atoms with Gasteiger partial charge in [0, 0.05) is 11.3 Å². The van der Waals surface area contributed by atoms with Crippen molar-refractivity contribution in [2.24, 2.45) is 5.10 Å². The van der Waals surface area contributed by atoms with Crippen molar-refractivity contribution in [2.75, 3.05) is 12.9 Å². The lowest BCUT2D eigenvalue weighted by atomic mass is 10.1. The maximum absolute atomic E-state index is 12.4. The molecule has 1 heterocycles. The Bertz CT molecular complexity index is 1300. The van der Waals surface area contributed by atoms with Gasteiger partial charge in [0.2, 0.25) is 0 Å². The zero-order valence-electron chi connectivity index (χ0n) is 19.9. The molecule has 7 nitrogen and oxygen atoms in total. The number of rotatable bonds is 9. The first-order valence-electron chi connectivity index (χ1n) is 11.3. The van der Waals surface area contributed by atoms with Gasteiger partial charge in [0.1, 0.15) is 5.75 Å². The van der Waals surface area contributed by atoms with Crippen LogP contribution in [-0.4, -0.2) is 39.7 Å². The minimum Gasteiger partial charge on any atom is -0.497 e. The number of amides is 1. The highest BCUT2D eigenvalue weighted by molar-refractivity contribution is 7.99. The number of ether oxygens (including phenoxy) is 1. The van der Waals surface area contributed by atoms with E-state index in [0.717, 1.165) is 34.5 Å².